The molecule has 1 unspecified atom stereocenters. The molecule has 1 amide bonds. The Morgan fingerprint density at radius 2 is 2.37 bits per heavy atom. The minimum Gasteiger partial charge on any atom is -0.373 e. The lowest BCUT2D eigenvalue weighted by molar-refractivity contribution is -0.120. The number of hydrogen-bond donors (Lipinski definition) is 1. The number of ether oxygens (including phenoxy) is 1. The number of amides is 1. The van der Waals surface area contributed by atoms with Crippen molar-refractivity contribution in [3.63, 3.8) is 0 Å². The maximum Gasteiger partial charge on any atom is 0.219 e. The second-order valence-electron chi connectivity index (χ2n) is 5.74. The number of hydrogen-bond acceptors (Lipinski definition) is 2. The van der Waals surface area contributed by atoms with E-state index < -0.39 is 0 Å². The summed E-state index contributed by atoms with van der Waals surface area (Å²) < 4.78 is 5.80. The molecule has 2 fully saturated rings. The molecular formula is C16H23NO2. The van der Waals surface area contributed by atoms with E-state index in [-0.39, 0.29) is 5.91 Å². The van der Waals surface area contributed by atoms with Crippen molar-refractivity contribution in [2.24, 2.45) is 5.92 Å². The molecule has 3 aliphatic rings. The van der Waals surface area contributed by atoms with Gasteiger partial charge in [0.2, 0.25) is 5.91 Å². The molecule has 0 aromatic carbocycles. The van der Waals surface area contributed by atoms with Crippen LogP contribution in [0.15, 0.2) is 22.8 Å². The fourth-order valence-corrected chi connectivity index (χ4v) is 3.69. The molecule has 1 heterocycles. The van der Waals surface area contributed by atoms with Gasteiger partial charge in [-0.05, 0) is 54.7 Å². The van der Waals surface area contributed by atoms with Crippen LogP contribution in [0.2, 0.25) is 0 Å². The molecular weight excluding hydrogens is 238 g/mol. The van der Waals surface area contributed by atoms with Crippen LogP contribution in [0.1, 0.15) is 45.4 Å². The molecule has 0 bridgehead atoms. The van der Waals surface area contributed by atoms with Crippen LogP contribution < -0.4 is 5.32 Å². The summed E-state index contributed by atoms with van der Waals surface area (Å²) in [7, 11) is 0. The summed E-state index contributed by atoms with van der Waals surface area (Å²) in [5, 5.41) is 3.00. The van der Waals surface area contributed by atoms with Crippen molar-refractivity contribution < 1.29 is 9.53 Å². The third kappa shape index (κ3) is 2.48. The molecule has 1 N–H and O–H groups in total. The van der Waals surface area contributed by atoms with Gasteiger partial charge in [0, 0.05) is 13.0 Å². The van der Waals surface area contributed by atoms with Gasteiger partial charge in [-0.25, -0.2) is 0 Å². The van der Waals surface area contributed by atoms with E-state index in [0.29, 0.717) is 18.4 Å². The van der Waals surface area contributed by atoms with Crippen molar-refractivity contribution in [2.75, 3.05) is 13.2 Å². The maximum absolute atomic E-state index is 11.3. The van der Waals surface area contributed by atoms with Gasteiger partial charge in [-0.3, -0.25) is 4.79 Å². The van der Waals surface area contributed by atoms with E-state index in [1.54, 1.807) is 16.7 Å². The van der Waals surface area contributed by atoms with Gasteiger partial charge < -0.3 is 10.1 Å². The van der Waals surface area contributed by atoms with Crippen molar-refractivity contribution in [3.05, 3.63) is 22.8 Å². The fraction of sp³-hybridized carbons (Fsp3) is 0.688. The van der Waals surface area contributed by atoms with Crippen LogP contribution in [-0.4, -0.2) is 25.2 Å². The third-order valence-electron chi connectivity index (χ3n) is 4.66. The zero-order valence-electron chi connectivity index (χ0n) is 11.7. The molecule has 0 radical (unpaired) electrons. The Bertz CT molecular complexity index is 436. The lowest BCUT2D eigenvalue weighted by Gasteiger charge is -2.23. The first-order chi connectivity index (χ1) is 9.29. The number of carbonyl (C=O) groups excluding carboxylic acids is 1. The monoisotopic (exact) mass is 261 g/mol. The fourth-order valence-electron chi connectivity index (χ4n) is 3.69. The summed E-state index contributed by atoms with van der Waals surface area (Å²) in [5.74, 6) is 0.806. The Balaban J connectivity index is 1.66. The van der Waals surface area contributed by atoms with Gasteiger partial charge in [-0.2, -0.15) is 0 Å². The second-order valence-corrected chi connectivity index (χ2v) is 5.74. The Hall–Kier alpha value is -1.09. The number of allylic oxidation sites excluding steroid dienone is 2. The van der Waals surface area contributed by atoms with Crippen LogP contribution in [0.25, 0.3) is 0 Å². The van der Waals surface area contributed by atoms with Gasteiger partial charge >= 0.3 is 0 Å². The minimum atomic E-state index is 0.164. The zero-order chi connectivity index (χ0) is 13.2. The molecule has 3 nitrogen and oxygen atoms in total. The molecule has 104 valence electrons. The highest BCUT2D eigenvalue weighted by molar-refractivity contribution is 5.75. The number of fused-ring (bicyclic) bond motifs is 2. The summed E-state index contributed by atoms with van der Waals surface area (Å²) >= 11 is 0. The highest BCUT2D eigenvalue weighted by atomic mass is 16.5. The first-order valence-electron chi connectivity index (χ1n) is 7.60. The molecule has 0 spiro atoms. The normalized spacial score (nSPS) is 29.0. The molecule has 2 atom stereocenters. The molecule has 3 heteroatoms. The van der Waals surface area contributed by atoms with Crippen LogP contribution in [0.4, 0.5) is 0 Å². The maximum atomic E-state index is 11.3. The van der Waals surface area contributed by atoms with E-state index in [9.17, 15) is 4.79 Å². The highest BCUT2D eigenvalue weighted by Gasteiger charge is 2.35. The first-order valence-corrected chi connectivity index (χ1v) is 7.60. The van der Waals surface area contributed by atoms with Gasteiger partial charge in [0.25, 0.3) is 0 Å². The van der Waals surface area contributed by atoms with Crippen LogP contribution >= 0.6 is 0 Å². The smallest absolute Gasteiger partial charge is 0.219 e. The average molecular weight is 261 g/mol. The molecule has 0 aromatic rings. The van der Waals surface area contributed by atoms with Crippen molar-refractivity contribution >= 4 is 5.91 Å². The lowest BCUT2D eigenvalue weighted by atomic mass is 9.85. The average Bonchev–Trinajstić information content (AvgIpc) is 3.03. The first kappa shape index (κ1) is 12.9. The number of rotatable bonds is 4. The Kier molecular flexibility index (Phi) is 3.74. The van der Waals surface area contributed by atoms with Crippen LogP contribution in [0, 0.1) is 5.92 Å². The molecule has 3 rings (SSSR count). The number of nitrogens with one attached hydrogen (secondary N) is 1. The van der Waals surface area contributed by atoms with Crippen LogP contribution in [0.3, 0.4) is 0 Å². The van der Waals surface area contributed by atoms with E-state index in [2.05, 4.69) is 11.4 Å². The van der Waals surface area contributed by atoms with Crippen molar-refractivity contribution in [1.29, 1.82) is 0 Å². The van der Waals surface area contributed by atoms with Crippen LogP contribution in [-0.2, 0) is 9.53 Å². The molecule has 2 aliphatic carbocycles. The minimum absolute atomic E-state index is 0.164. The van der Waals surface area contributed by atoms with Gasteiger partial charge in [-0.15, -0.1) is 0 Å². The largest absolute Gasteiger partial charge is 0.373 e. The predicted molar refractivity (Wildman–Crippen MR) is 74.7 cm³/mol. The molecule has 1 saturated carbocycles. The van der Waals surface area contributed by atoms with E-state index in [4.69, 9.17) is 4.74 Å². The summed E-state index contributed by atoms with van der Waals surface area (Å²) in [6.45, 7) is 3.61. The molecule has 0 aromatic heterocycles. The van der Waals surface area contributed by atoms with Crippen molar-refractivity contribution in [1.82, 2.24) is 5.32 Å². The van der Waals surface area contributed by atoms with Crippen LogP contribution in [0.5, 0.6) is 0 Å². The third-order valence-corrected chi connectivity index (χ3v) is 4.66. The topological polar surface area (TPSA) is 38.3 Å². The second kappa shape index (κ2) is 5.49. The molecule has 19 heavy (non-hydrogen) atoms. The SMILES string of the molecule is CCC(=O)NCCC1CCC2=CC[C@@H]3OCCC3=C21. The van der Waals surface area contributed by atoms with Crippen molar-refractivity contribution in [2.45, 2.75) is 51.6 Å². The lowest BCUT2D eigenvalue weighted by Crippen LogP contribution is -2.25. The summed E-state index contributed by atoms with van der Waals surface area (Å²) in [6, 6.07) is 0. The molecule has 1 aliphatic heterocycles. The van der Waals surface area contributed by atoms with Gasteiger partial charge in [0.1, 0.15) is 0 Å². The Morgan fingerprint density at radius 1 is 1.47 bits per heavy atom. The van der Waals surface area contributed by atoms with E-state index >= 15 is 0 Å². The summed E-state index contributed by atoms with van der Waals surface area (Å²) in [5.41, 5.74) is 4.74. The Morgan fingerprint density at radius 3 is 3.21 bits per heavy atom. The van der Waals surface area contributed by atoms with E-state index in [1.165, 1.54) is 12.8 Å². The standard InChI is InChI=1S/C16H23NO2/c1-2-15(18)17-9-7-12-4-3-11-5-6-14-13(16(11)12)8-10-19-14/h5,12,14H,2-4,6-10H2,1H3,(H,17,18)/t12?,14-/m0/s1. The molecule has 1 saturated heterocycles. The van der Waals surface area contributed by atoms with Gasteiger partial charge in [-0.1, -0.05) is 13.0 Å². The Labute approximate surface area is 115 Å². The number of carbonyl (C=O) groups is 1. The van der Waals surface area contributed by atoms with Gasteiger partial charge in [0.15, 0.2) is 0 Å². The summed E-state index contributed by atoms with van der Waals surface area (Å²) in [4.78, 5) is 11.3. The predicted octanol–water partition coefficient (Wildman–Crippen LogP) is 2.73. The van der Waals surface area contributed by atoms with Gasteiger partial charge in [0.05, 0.1) is 12.7 Å². The summed E-state index contributed by atoms with van der Waals surface area (Å²) in [6.07, 6.45) is 9.08. The van der Waals surface area contributed by atoms with E-state index in [0.717, 1.165) is 32.4 Å². The quantitative estimate of drug-likeness (QED) is 0.845. The zero-order valence-corrected chi connectivity index (χ0v) is 11.7. The highest BCUT2D eigenvalue weighted by Crippen LogP contribution is 2.46. The van der Waals surface area contributed by atoms with E-state index in [1.807, 2.05) is 6.92 Å². The van der Waals surface area contributed by atoms with Crippen molar-refractivity contribution in [3.8, 4) is 0 Å².